The molecule has 2 unspecified atom stereocenters. The Morgan fingerprint density at radius 2 is 2.20 bits per heavy atom. The second kappa shape index (κ2) is 7.24. The fourth-order valence-electron chi connectivity index (χ4n) is 2.30. The molecule has 0 radical (unpaired) electrons. The molecule has 0 amide bonds. The van der Waals surface area contributed by atoms with Crippen molar-refractivity contribution in [1.29, 1.82) is 0 Å². The predicted octanol–water partition coefficient (Wildman–Crippen LogP) is 2.83. The number of ether oxygens (including phenoxy) is 1. The molecule has 1 N–H and O–H groups in total. The fraction of sp³-hybridized carbons (Fsp3) is 1.00. The summed E-state index contributed by atoms with van der Waals surface area (Å²) in [5.74, 6) is 1.60. The number of rotatable bonds is 7. The van der Waals surface area contributed by atoms with Gasteiger partial charge in [0, 0.05) is 13.2 Å². The highest BCUT2D eigenvalue weighted by Gasteiger charge is 2.25. The first-order valence-electron chi connectivity index (χ1n) is 6.56. The van der Waals surface area contributed by atoms with Crippen molar-refractivity contribution >= 4 is 0 Å². The number of hydrogen-bond acceptors (Lipinski definition) is 2. The van der Waals surface area contributed by atoms with Crippen molar-refractivity contribution in [2.75, 3.05) is 19.7 Å². The quantitative estimate of drug-likeness (QED) is 0.657. The molecule has 1 fully saturated rings. The average Bonchev–Trinajstić information content (AvgIpc) is 2.64. The van der Waals surface area contributed by atoms with Crippen LogP contribution in [0.2, 0.25) is 0 Å². The summed E-state index contributed by atoms with van der Waals surface area (Å²) in [4.78, 5) is 0. The van der Waals surface area contributed by atoms with E-state index in [0.717, 1.165) is 25.0 Å². The zero-order valence-corrected chi connectivity index (χ0v) is 10.6. The third-order valence-electron chi connectivity index (χ3n) is 3.29. The maximum atomic E-state index is 5.67. The standard InChI is InChI=1S/C13H27NO/c1-4-13-12(7-9-15-13)10-14-8-5-6-11(2)3/h11-14H,4-10H2,1-3H3. The molecule has 1 saturated heterocycles. The lowest BCUT2D eigenvalue weighted by Gasteiger charge is -2.17. The van der Waals surface area contributed by atoms with Crippen LogP contribution in [-0.4, -0.2) is 25.8 Å². The van der Waals surface area contributed by atoms with Gasteiger partial charge >= 0.3 is 0 Å². The van der Waals surface area contributed by atoms with Crippen molar-refractivity contribution in [2.45, 2.75) is 52.6 Å². The monoisotopic (exact) mass is 213 g/mol. The minimum atomic E-state index is 0.516. The van der Waals surface area contributed by atoms with Crippen molar-refractivity contribution in [3.05, 3.63) is 0 Å². The molecule has 1 heterocycles. The summed E-state index contributed by atoms with van der Waals surface area (Å²) in [6.45, 7) is 10.1. The Morgan fingerprint density at radius 1 is 1.40 bits per heavy atom. The van der Waals surface area contributed by atoms with E-state index >= 15 is 0 Å². The summed E-state index contributed by atoms with van der Waals surface area (Å²) < 4.78 is 5.67. The van der Waals surface area contributed by atoms with E-state index in [0.29, 0.717) is 6.10 Å². The Balaban J connectivity index is 1.99. The van der Waals surface area contributed by atoms with Gasteiger partial charge in [-0.2, -0.15) is 0 Å². The van der Waals surface area contributed by atoms with Gasteiger partial charge in [0.2, 0.25) is 0 Å². The molecule has 0 saturated carbocycles. The van der Waals surface area contributed by atoms with Crippen LogP contribution in [0, 0.1) is 11.8 Å². The summed E-state index contributed by atoms with van der Waals surface area (Å²) in [6.07, 6.45) is 5.57. The highest BCUT2D eigenvalue weighted by atomic mass is 16.5. The summed E-state index contributed by atoms with van der Waals surface area (Å²) in [6, 6.07) is 0. The molecule has 90 valence electrons. The Kier molecular flexibility index (Phi) is 6.26. The summed E-state index contributed by atoms with van der Waals surface area (Å²) >= 11 is 0. The fourth-order valence-corrected chi connectivity index (χ4v) is 2.30. The summed E-state index contributed by atoms with van der Waals surface area (Å²) in [5.41, 5.74) is 0. The van der Waals surface area contributed by atoms with E-state index in [2.05, 4.69) is 26.1 Å². The predicted molar refractivity (Wildman–Crippen MR) is 65.1 cm³/mol. The first kappa shape index (κ1) is 13.0. The lowest BCUT2D eigenvalue weighted by molar-refractivity contribution is 0.0873. The second-order valence-electron chi connectivity index (χ2n) is 5.11. The van der Waals surface area contributed by atoms with E-state index in [9.17, 15) is 0 Å². The molecule has 1 aliphatic heterocycles. The van der Waals surface area contributed by atoms with Crippen LogP contribution in [0.4, 0.5) is 0 Å². The van der Waals surface area contributed by atoms with Crippen LogP contribution in [0.3, 0.4) is 0 Å². The zero-order valence-electron chi connectivity index (χ0n) is 10.6. The van der Waals surface area contributed by atoms with Crippen molar-refractivity contribution in [1.82, 2.24) is 5.32 Å². The van der Waals surface area contributed by atoms with Crippen LogP contribution < -0.4 is 5.32 Å². The van der Waals surface area contributed by atoms with E-state index in [1.807, 2.05) is 0 Å². The highest BCUT2D eigenvalue weighted by molar-refractivity contribution is 4.76. The molecule has 1 rings (SSSR count). The van der Waals surface area contributed by atoms with Crippen molar-refractivity contribution in [3.63, 3.8) is 0 Å². The van der Waals surface area contributed by atoms with Gasteiger partial charge in [-0.25, -0.2) is 0 Å². The Labute approximate surface area is 94.8 Å². The van der Waals surface area contributed by atoms with Gasteiger partial charge in [0.15, 0.2) is 0 Å². The number of nitrogens with one attached hydrogen (secondary N) is 1. The van der Waals surface area contributed by atoms with Crippen LogP contribution in [0.15, 0.2) is 0 Å². The molecule has 0 spiro atoms. The van der Waals surface area contributed by atoms with Gasteiger partial charge in [-0.3, -0.25) is 0 Å². The minimum absolute atomic E-state index is 0.516. The van der Waals surface area contributed by atoms with Crippen molar-refractivity contribution < 1.29 is 4.74 Å². The maximum absolute atomic E-state index is 5.67. The van der Waals surface area contributed by atoms with Gasteiger partial charge < -0.3 is 10.1 Å². The largest absolute Gasteiger partial charge is 0.378 e. The van der Waals surface area contributed by atoms with Crippen LogP contribution in [0.25, 0.3) is 0 Å². The second-order valence-corrected chi connectivity index (χ2v) is 5.11. The molecule has 0 aromatic carbocycles. The van der Waals surface area contributed by atoms with E-state index < -0.39 is 0 Å². The molecular weight excluding hydrogens is 186 g/mol. The van der Waals surface area contributed by atoms with Gasteiger partial charge in [0.25, 0.3) is 0 Å². The molecule has 2 nitrogen and oxygen atoms in total. The van der Waals surface area contributed by atoms with Gasteiger partial charge in [0.05, 0.1) is 6.10 Å². The topological polar surface area (TPSA) is 21.3 Å². The third-order valence-corrected chi connectivity index (χ3v) is 3.29. The molecule has 0 aromatic heterocycles. The molecule has 0 bridgehead atoms. The van der Waals surface area contributed by atoms with E-state index in [1.165, 1.54) is 32.2 Å². The van der Waals surface area contributed by atoms with Gasteiger partial charge in [-0.1, -0.05) is 20.8 Å². The Hall–Kier alpha value is -0.0800. The van der Waals surface area contributed by atoms with E-state index in [-0.39, 0.29) is 0 Å². The molecule has 0 aliphatic carbocycles. The molecule has 0 aromatic rings. The lowest BCUT2D eigenvalue weighted by atomic mass is 9.99. The summed E-state index contributed by atoms with van der Waals surface area (Å²) in [7, 11) is 0. The van der Waals surface area contributed by atoms with Crippen LogP contribution in [0.1, 0.15) is 46.5 Å². The summed E-state index contributed by atoms with van der Waals surface area (Å²) in [5, 5.41) is 3.57. The molecule has 2 atom stereocenters. The lowest BCUT2D eigenvalue weighted by Crippen LogP contribution is -2.29. The molecular formula is C13H27NO. The smallest absolute Gasteiger partial charge is 0.0613 e. The van der Waals surface area contributed by atoms with E-state index in [1.54, 1.807) is 0 Å². The van der Waals surface area contributed by atoms with Crippen LogP contribution >= 0.6 is 0 Å². The van der Waals surface area contributed by atoms with E-state index in [4.69, 9.17) is 4.74 Å². The molecule has 1 aliphatic rings. The Bertz CT molecular complexity index is 159. The van der Waals surface area contributed by atoms with Crippen molar-refractivity contribution in [2.24, 2.45) is 11.8 Å². The van der Waals surface area contributed by atoms with Crippen LogP contribution in [0.5, 0.6) is 0 Å². The molecule has 15 heavy (non-hydrogen) atoms. The number of hydrogen-bond donors (Lipinski definition) is 1. The minimum Gasteiger partial charge on any atom is -0.378 e. The normalized spacial score (nSPS) is 26.4. The zero-order chi connectivity index (χ0) is 11.1. The maximum Gasteiger partial charge on any atom is 0.0613 e. The Morgan fingerprint density at radius 3 is 2.87 bits per heavy atom. The van der Waals surface area contributed by atoms with Gasteiger partial charge in [0.1, 0.15) is 0 Å². The SMILES string of the molecule is CCC1OCCC1CNCCCC(C)C. The van der Waals surface area contributed by atoms with Crippen LogP contribution in [-0.2, 0) is 4.74 Å². The average molecular weight is 213 g/mol. The van der Waals surface area contributed by atoms with Gasteiger partial charge in [-0.15, -0.1) is 0 Å². The highest BCUT2D eigenvalue weighted by Crippen LogP contribution is 2.22. The third kappa shape index (κ3) is 4.98. The van der Waals surface area contributed by atoms with Gasteiger partial charge in [-0.05, 0) is 44.1 Å². The first-order valence-corrected chi connectivity index (χ1v) is 6.56. The first-order chi connectivity index (χ1) is 7.24. The van der Waals surface area contributed by atoms with Crippen molar-refractivity contribution in [3.8, 4) is 0 Å². The molecule has 2 heteroatoms.